The molecule has 2 atom stereocenters. The Morgan fingerprint density at radius 1 is 1.31 bits per heavy atom. The average Bonchev–Trinajstić information content (AvgIpc) is 2.20. The SMILES string of the molecule is Cc1cc(NC2CCCCC2C)nc(N)n1. The second kappa shape index (κ2) is 4.68. The highest BCUT2D eigenvalue weighted by Crippen LogP contribution is 2.26. The maximum Gasteiger partial charge on any atom is 0.222 e. The number of nitrogens with zero attached hydrogens (tertiary/aromatic N) is 2. The predicted molar refractivity (Wildman–Crippen MR) is 66.2 cm³/mol. The first-order chi connectivity index (χ1) is 7.65. The Morgan fingerprint density at radius 2 is 2.06 bits per heavy atom. The average molecular weight is 220 g/mol. The summed E-state index contributed by atoms with van der Waals surface area (Å²) in [5.41, 5.74) is 6.55. The molecule has 1 heterocycles. The lowest BCUT2D eigenvalue weighted by atomic mass is 9.86. The van der Waals surface area contributed by atoms with Crippen molar-refractivity contribution in [2.45, 2.75) is 45.6 Å². The van der Waals surface area contributed by atoms with E-state index in [9.17, 15) is 0 Å². The lowest BCUT2D eigenvalue weighted by Gasteiger charge is -2.29. The molecule has 1 aliphatic carbocycles. The van der Waals surface area contributed by atoms with E-state index in [-0.39, 0.29) is 0 Å². The number of hydrogen-bond acceptors (Lipinski definition) is 4. The number of nitrogens with two attached hydrogens (primary N) is 1. The van der Waals surface area contributed by atoms with Gasteiger partial charge in [0.05, 0.1) is 0 Å². The van der Waals surface area contributed by atoms with Crippen LogP contribution >= 0.6 is 0 Å². The number of nitrogen functional groups attached to an aromatic ring is 1. The molecule has 1 aliphatic rings. The molecule has 88 valence electrons. The van der Waals surface area contributed by atoms with Crippen molar-refractivity contribution in [3.63, 3.8) is 0 Å². The van der Waals surface area contributed by atoms with Gasteiger partial charge in [-0.15, -0.1) is 0 Å². The third kappa shape index (κ3) is 2.62. The molecule has 4 nitrogen and oxygen atoms in total. The summed E-state index contributed by atoms with van der Waals surface area (Å²) >= 11 is 0. The zero-order chi connectivity index (χ0) is 11.5. The van der Waals surface area contributed by atoms with Gasteiger partial charge in [0, 0.05) is 17.8 Å². The van der Waals surface area contributed by atoms with Gasteiger partial charge in [-0.2, -0.15) is 4.98 Å². The van der Waals surface area contributed by atoms with Crippen molar-refractivity contribution >= 4 is 11.8 Å². The van der Waals surface area contributed by atoms with Gasteiger partial charge in [-0.25, -0.2) is 4.98 Å². The van der Waals surface area contributed by atoms with E-state index in [1.165, 1.54) is 25.7 Å². The van der Waals surface area contributed by atoms with Crippen LogP contribution in [0.1, 0.15) is 38.3 Å². The minimum Gasteiger partial charge on any atom is -0.368 e. The molecule has 2 unspecified atom stereocenters. The smallest absolute Gasteiger partial charge is 0.222 e. The molecule has 2 rings (SSSR count). The molecule has 1 aromatic heterocycles. The summed E-state index contributed by atoms with van der Waals surface area (Å²) in [6.45, 7) is 4.24. The Morgan fingerprint density at radius 3 is 2.75 bits per heavy atom. The van der Waals surface area contributed by atoms with E-state index < -0.39 is 0 Å². The molecule has 0 bridgehead atoms. The Balaban J connectivity index is 2.07. The summed E-state index contributed by atoms with van der Waals surface area (Å²) in [5, 5.41) is 3.48. The first kappa shape index (κ1) is 11.2. The molecule has 0 amide bonds. The van der Waals surface area contributed by atoms with Crippen LogP contribution in [0.2, 0.25) is 0 Å². The van der Waals surface area contributed by atoms with Crippen LogP contribution in [0.3, 0.4) is 0 Å². The van der Waals surface area contributed by atoms with Gasteiger partial charge in [0.25, 0.3) is 0 Å². The second-order valence-electron chi connectivity index (χ2n) is 4.77. The maximum atomic E-state index is 5.64. The summed E-state index contributed by atoms with van der Waals surface area (Å²) in [5.74, 6) is 1.93. The minimum atomic E-state index is 0.353. The number of nitrogens with one attached hydrogen (secondary N) is 1. The lowest BCUT2D eigenvalue weighted by molar-refractivity contribution is 0.349. The number of aryl methyl sites for hydroxylation is 1. The van der Waals surface area contributed by atoms with Crippen LogP contribution in [-0.2, 0) is 0 Å². The van der Waals surface area contributed by atoms with E-state index in [0.29, 0.717) is 17.9 Å². The fourth-order valence-corrected chi connectivity index (χ4v) is 2.39. The predicted octanol–water partition coefficient (Wildman–Crippen LogP) is 2.36. The Hall–Kier alpha value is -1.32. The van der Waals surface area contributed by atoms with E-state index in [1.54, 1.807) is 0 Å². The lowest BCUT2D eigenvalue weighted by Crippen LogP contribution is -2.30. The van der Waals surface area contributed by atoms with Crippen LogP contribution in [0.25, 0.3) is 0 Å². The van der Waals surface area contributed by atoms with Gasteiger partial charge >= 0.3 is 0 Å². The highest BCUT2D eigenvalue weighted by molar-refractivity contribution is 5.41. The van der Waals surface area contributed by atoms with Crippen molar-refractivity contribution in [1.29, 1.82) is 0 Å². The maximum absolute atomic E-state index is 5.64. The van der Waals surface area contributed by atoms with Gasteiger partial charge in [-0.1, -0.05) is 19.8 Å². The van der Waals surface area contributed by atoms with Crippen molar-refractivity contribution in [1.82, 2.24) is 9.97 Å². The molecule has 1 fully saturated rings. The number of aromatic nitrogens is 2. The molecule has 16 heavy (non-hydrogen) atoms. The van der Waals surface area contributed by atoms with Crippen LogP contribution in [0.4, 0.5) is 11.8 Å². The molecule has 4 heteroatoms. The molecule has 1 saturated carbocycles. The minimum absolute atomic E-state index is 0.353. The van der Waals surface area contributed by atoms with Crippen LogP contribution < -0.4 is 11.1 Å². The van der Waals surface area contributed by atoms with Crippen LogP contribution in [0.15, 0.2) is 6.07 Å². The van der Waals surface area contributed by atoms with Crippen LogP contribution in [0, 0.1) is 12.8 Å². The fraction of sp³-hybridized carbons (Fsp3) is 0.667. The van der Waals surface area contributed by atoms with Crippen LogP contribution in [0.5, 0.6) is 0 Å². The van der Waals surface area contributed by atoms with E-state index in [1.807, 2.05) is 13.0 Å². The van der Waals surface area contributed by atoms with Gasteiger partial charge in [0.2, 0.25) is 5.95 Å². The van der Waals surface area contributed by atoms with Crippen molar-refractivity contribution in [2.24, 2.45) is 5.92 Å². The summed E-state index contributed by atoms with van der Waals surface area (Å²) in [6.07, 6.45) is 5.19. The number of hydrogen-bond donors (Lipinski definition) is 2. The highest BCUT2D eigenvalue weighted by Gasteiger charge is 2.21. The van der Waals surface area contributed by atoms with Crippen LogP contribution in [-0.4, -0.2) is 16.0 Å². The fourth-order valence-electron chi connectivity index (χ4n) is 2.39. The molecule has 3 N–H and O–H groups in total. The molecule has 0 spiro atoms. The standard InChI is InChI=1S/C12H20N4/c1-8-5-3-4-6-10(8)15-11-7-9(2)14-12(13)16-11/h7-8,10H,3-6H2,1-2H3,(H3,13,14,15,16). The summed E-state index contributed by atoms with van der Waals surface area (Å²) < 4.78 is 0. The second-order valence-corrected chi connectivity index (χ2v) is 4.77. The molecular formula is C12H20N4. The number of anilines is 2. The Bertz CT molecular complexity index is 344. The zero-order valence-corrected chi connectivity index (χ0v) is 10.0. The summed E-state index contributed by atoms with van der Waals surface area (Å²) in [7, 11) is 0. The largest absolute Gasteiger partial charge is 0.368 e. The zero-order valence-electron chi connectivity index (χ0n) is 10.0. The third-order valence-corrected chi connectivity index (χ3v) is 3.32. The first-order valence-electron chi connectivity index (χ1n) is 6.03. The highest BCUT2D eigenvalue weighted by atomic mass is 15.1. The third-order valence-electron chi connectivity index (χ3n) is 3.32. The van der Waals surface area contributed by atoms with E-state index in [0.717, 1.165) is 11.5 Å². The normalized spacial score (nSPS) is 25.4. The summed E-state index contributed by atoms with van der Waals surface area (Å²) in [4.78, 5) is 8.29. The van der Waals surface area contributed by atoms with Gasteiger partial charge in [0.15, 0.2) is 0 Å². The van der Waals surface area contributed by atoms with Gasteiger partial charge in [-0.05, 0) is 25.7 Å². The Kier molecular flexibility index (Phi) is 3.27. The molecule has 1 aromatic rings. The first-order valence-corrected chi connectivity index (χ1v) is 6.03. The van der Waals surface area contributed by atoms with Gasteiger partial charge in [0.1, 0.15) is 5.82 Å². The van der Waals surface area contributed by atoms with E-state index in [4.69, 9.17) is 5.73 Å². The molecule has 0 aliphatic heterocycles. The number of rotatable bonds is 2. The van der Waals surface area contributed by atoms with E-state index in [2.05, 4.69) is 22.2 Å². The van der Waals surface area contributed by atoms with Gasteiger partial charge < -0.3 is 11.1 Å². The molecule has 0 radical (unpaired) electrons. The van der Waals surface area contributed by atoms with Gasteiger partial charge in [-0.3, -0.25) is 0 Å². The molecule has 0 saturated heterocycles. The monoisotopic (exact) mass is 220 g/mol. The topological polar surface area (TPSA) is 63.8 Å². The van der Waals surface area contributed by atoms with Crippen molar-refractivity contribution in [2.75, 3.05) is 11.1 Å². The van der Waals surface area contributed by atoms with Crippen molar-refractivity contribution < 1.29 is 0 Å². The molecule has 0 aromatic carbocycles. The Labute approximate surface area is 96.7 Å². The van der Waals surface area contributed by atoms with E-state index >= 15 is 0 Å². The van der Waals surface area contributed by atoms with Crippen molar-refractivity contribution in [3.8, 4) is 0 Å². The summed E-state index contributed by atoms with van der Waals surface area (Å²) in [6, 6.07) is 2.49. The van der Waals surface area contributed by atoms with Crippen molar-refractivity contribution in [3.05, 3.63) is 11.8 Å². The quantitative estimate of drug-likeness (QED) is 0.803. The molecular weight excluding hydrogens is 200 g/mol.